The van der Waals surface area contributed by atoms with E-state index in [2.05, 4.69) is 30.9 Å². The maximum Gasteiger partial charge on any atom is 0.416 e. The van der Waals surface area contributed by atoms with E-state index in [1.54, 1.807) is 0 Å². The highest BCUT2D eigenvalue weighted by Crippen LogP contribution is 2.30. The first-order valence-electron chi connectivity index (χ1n) is 10.1. The number of hydrogen-bond donors (Lipinski definition) is 3. The average Bonchev–Trinajstić information content (AvgIpc) is 2.73. The molecule has 0 aliphatic carbocycles. The third kappa shape index (κ3) is 5.97. The van der Waals surface area contributed by atoms with Crippen molar-refractivity contribution in [2.24, 2.45) is 0 Å². The molecule has 0 fully saturated rings. The van der Waals surface area contributed by atoms with Gasteiger partial charge < -0.3 is 16.0 Å². The Morgan fingerprint density at radius 2 is 1.00 bits per heavy atom. The van der Waals surface area contributed by atoms with Gasteiger partial charge in [-0.25, -0.2) is 0 Å². The number of aryl methyl sites for hydroxylation is 2. The first-order chi connectivity index (χ1) is 15.7. The van der Waals surface area contributed by atoms with Crippen molar-refractivity contribution < 1.29 is 13.2 Å². The number of nitrogens with one attached hydrogen (secondary N) is 3. The topological polar surface area (TPSA) is 74.8 Å². The second kappa shape index (κ2) is 9.15. The van der Waals surface area contributed by atoms with Crippen molar-refractivity contribution in [3.63, 3.8) is 0 Å². The highest BCUT2D eigenvalue weighted by molar-refractivity contribution is 5.62. The van der Waals surface area contributed by atoms with Gasteiger partial charge in [0.1, 0.15) is 0 Å². The highest BCUT2D eigenvalue weighted by Gasteiger charge is 2.29. The molecule has 3 N–H and O–H groups in total. The Balaban J connectivity index is 1.64. The van der Waals surface area contributed by atoms with Gasteiger partial charge in [-0.15, -0.1) is 0 Å². The van der Waals surface area contributed by atoms with Gasteiger partial charge in [0.2, 0.25) is 17.8 Å². The molecular formula is C24H21F3N6. The Kier molecular flexibility index (Phi) is 6.12. The maximum absolute atomic E-state index is 12.9. The Morgan fingerprint density at radius 3 is 1.39 bits per heavy atom. The van der Waals surface area contributed by atoms with E-state index < -0.39 is 11.7 Å². The zero-order valence-electron chi connectivity index (χ0n) is 17.9. The van der Waals surface area contributed by atoms with Crippen LogP contribution < -0.4 is 16.0 Å². The lowest BCUT2D eigenvalue weighted by molar-refractivity contribution is -0.137. The number of rotatable bonds is 6. The standard InChI is InChI=1S/C24H21F3N6/c1-15-5-3-7-19(13-15)29-22-31-21(28-18-11-9-17(10-12-18)24(25,26)27)32-23(33-22)30-20-8-4-6-16(2)14-20/h3-14H,1-2H3,(H3,28,29,30,31,32,33). The minimum atomic E-state index is -4.40. The number of anilines is 6. The summed E-state index contributed by atoms with van der Waals surface area (Å²) in [7, 11) is 0. The number of hydrogen-bond acceptors (Lipinski definition) is 6. The summed E-state index contributed by atoms with van der Waals surface area (Å²) in [6.45, 7) is 3.95. The quantitative estimate of drug-likeness (QED) is 0.302. The van der Waals surface area contributed by atoms with E-state index >= 15 is 0 Å². The van der Waals surface area contributed by atoms with Gasteiger partial charge in [-0.3, -0.25) is 0 Å². The van der Waals surface area contributed by atoms with E-state index in [0.717, 1.165) is 34.6 Å². The number of nitrogens with zero attached hydrogens (tertiary/aromatic N) is 3. The van der Waals surface area contributed by atoms with Gasteiger partial charge in [0.25, 0.3) is 0 Å². The van der Waals surface area contributed by atoms with Gasteiger partial charge >= 0.3 is 6.18 Å². The molecule has 0 spiro atoms. The molecule has 0 aliphatic rings. The Bertz CT molecular complexity index is 1190. The van der Waals surface area contributed by atoms with E-state index in [4.69, 9.17) is 0 Å². The molecule has 0 bridgehead atoms. The van der Waals surface area contributed by atoms with Crippen molar-refractivity contribution in [1.29, 1.82) is 0 Å². The highest BCUT2D eigenvalue weighted by atomic mass is 19.4. The average molecular weight is 450 g/mol. The third-order valence-corrected chi connectivity index (χ3v) is 4.65. The molecule has 33 heavy (non-hydrogen) atoms. The SMILES string of the molecule is Cc1cccc(Nc2nc(Nc3ccc(C(F)(F)F)cc3)nc(Nc3cccc(C)c3)n2)c1. The predicted molar refractivity (Wildman–Crippen MR) is 123 cm³/mol. The molecule has 0 saturated heterocycles. The fourth-order valence-electron chi connectivity index (χ4n) is 3.12. The van der Waals surface area contributed by atoms with Crippen LogP contribution in [0.25, 0.3) is 0 Å². The summed E-state index contributed by atoms with van der Waals surface area (Å²) in [6, 6.07) is 20.1. The van der Waals surface area contributed by atoms with Crippen LogP contribution in [0.5, 0.6) is 0 Å². The lowest BCUT2D eigenvalue weighted by atomic mass is 10.2. The molecule has 6 nitrogen and oxygen atoms in total. The fraction of sp³-hybridized carbons (Fsp3) is 0.125. The molecule has 0 radical (unpaired) electrons. The maximum atomic E-state index is 12.9. The van der Waals surface area contributed by atoms with Gasteiger partial charge in [0, 0.05) is 17.1 Å². The lowest BCUT2D eigenvalue weighted by Gasteiger charge is -2.12. The van der Waals surface area contributed by atoms with Gasteiger partial charge in [0.05, 0.1) is 5.56 Å². The first-order valence-corrected chi connectivity index (χ1v) is 10.1. The van der Waals surface area contributed by atoms with Crippen LogP contribution in [-0.4, -0.2) is 15.0 Å². The molecule has 0 amide bonds. The van der Waals surface area contributed by atoms with Gasteiger partial charge in [-0.2, -0.15) is 28.1 Å². The van der Waals surface area contributed by atoms with Crippen molar-refractivity contribution in [3.8, 4) is 0 Å². The zero-order chi connectivity index (χ0) is 23.4. The van der Waals surface area contributed by atoms with Crippen LogP contribution in [0.4, 0.5) is 48.1 Å². The van der Waals surface area contributed by atoms with Gasteiger partial charge in [0.15, 0.2) is 0 Å². The Labute approximate surface area is 189 Å². The summed E-state index contributed by atoms with van der Waals surface area (Å²) in [5, 5.41) is 9.24. The number of benzene rings is 3. The molecular weight excluding hydrogens is 429 g/mol. The van der Waals surface area contributed by atoms with E-state index in [9.17, 15) is 13.2 Å². The van der Waals surface area contributed by atoms with Crippen LogP contribution in [0.3, 0.4) is 0 Å². The van der Waals surface area contributed by atoms with Gasteiger partial charge in [-0.1, -0.05) is 24.3 Å². The molecule has 9 heteroatoms. The van der Waals surface area contributed by atoms with E-state index in [-0.39, 0.29) is 17.8 Å². The minimum Gasteiger partial charge on any atom is -0.324 e. The Morgan fingerprint density at radius 1 is 0.576 bits per heavy atom. The van der Waals surface area contributed by atoms with Crippen LogP contribution in [0.1, 0.15) is 16.7 Å². The van der Waals surface area contributed by atoms with Gasteiger partial charge in [-0.05, 0) is 73.5 Å². The predicted octanol–water partition coefficient (Wildman–Crippen LogP) is 6.74. The van der Waals surface area contributed by atoms with Crippen LogP contribution in [0, 0.1) is 13.8 Å². The lowest BCUT2D eigenvalue weighted by Crippen LogP contribution is -2.08. The summed E-state index contributed by atoms with van der Waals surface area (Å²) in [5.41, 5.74) is 3.40. The molecule has 1 heterocycles. The van der Waals surface area contributed by atoms with Crippen molar-refractivity contribution in [3.05, 3.63) is 89.5 Å². The van der Waals surface area contributed by atoms with E-state index in [1.807, 2.05) is 62.4 Å². The van der Waals surface area contributed by atoms with E-state index in [1.165, 1.54) is 12.1 Å². The summed E-state index contributed by atoms with van der Waals surface area (Å²) >= 11 is 0. The number of alkyl halides is 3. The normalized spacial score (nSPS) is 11.2. The molecule has 4 aromatic rings. The van der Waals surface area contributed by atoms with Crippen molar-refractivity contribution in [2.75, 3.05) is 16.0 Å². The molecule has 0 saturated carbocycles. The summed E-state index contributed by atoms with van der Waals surface area (Å²) in [6.07, 6.45) is -4.40. The molecule has 1 aromatic heterocycles. The first kappa shape index (κ1) is 22.1. The minimum absolute atomic E-state index is 0.176. The summed E-state index contributed by atoms with van der Waals surface area (Å²) < 4.78 is 38.6. The monoisotopic (exact) mass is 450 g/mol. The van der Waals surface area contributed by atoms with E-state index in [0.29, 0.717) is 5.69 Å². The largest absolute Gasteiger partial charge is 0.416 e. The molecule has 0 aliphatic heterocycles. The fourth-order valence-corrected chi connectivity index (χ4v) is 3.12. The molecule has 3 aromatic carbocycles. The zero-order valence-corrected chi connectivity index (χ0v) is 17.9. The van der Waals surface area contributed by atoms with Crippen LogP contribution in [0.2, 0.25) is 0 Å². The third-order valence-electron chi connectivity index (χ3n) is 4.65. The summed E-state index contributed by atoms with van der Waals surface area (Å²) in [4.78, 5) is 13.2. The number of halogens is 3. The molecule has 0 atom stereocenters. The second-order valence-electron chi connectivity index (χ2n) is 7.50. The van der Waals surface area contributed by atoms with Crippen molar-refractivity contribution in [1.82, 2.24) is 15.0 Å². The smallest absolute Gasteiger partial charge is 0.324 e. The van der Waals surface area contributed by atoms with Crippen LogP contribution in [0.15, 0.2) is 72.8 Å². The molecule has 4 rings (SSSR count). The second-order valence-corrected chi connectivity index (χ2v) is 7.50. The van der Waals surface area contributed by atoms with Crippen LogP contribution in [-0.2, 0) is 6.18 Å². The summed E-state index contributed by atoms with van der Waals surface area (Å²) in [5.74, 6) is 0.732. The van der Waals surface area contributed by atoms with Crippen LogP contribution >= 0.6 is 0 Å². The van der Waals surface area contributed by atoms with Crippen molar-refractivity contribution >= 4 is 34.9 Å². The van der Waals surface area contributed by atoms with Crippen molar-refractivity contribution in [2.45, 2.75) is 20.0 Å². The number of aromatic nitrogens is 3. The molecule has 0 unspecified atom stereocenters. The Hall–Kier alpha value is -4.14. The molecule has 168 valence electrons.